The van der Waals surface area contributed by atoms with E-state index in [1.165, 1.54) is 257 Å². The summed E-state index contributed by atoms with van der Waals surface area (Å²) in [5, 5.41) is 0. The summed E-state index contributed by atoms with van der Waals surface area (Å²) in [4.78, 5) is 35.4. The van der Waals surface area contributed by atoms with Crippen molar-refractivity contribution in [2.75, 3.05) is 26.4 Å². The van der Waals surface area contributed by atoms with E-state index >= 15 is 0 Å². The molecule has 0 heterocycles. The average Bonchev–Trinajstić information content (AvgIpc) is 3.64. The van der Waals surface area contributed by atoms with E-state index in [4.69, 9.17) is 24.3 Å². The molecular weight excluding hydrogens is 1120 g/mol. The first-order chi connectivity index (χ1) is 43.8. The number of phosphoric acid groups is 1. The summed E-state index contributed by atoms with van der Waals surface area (Å²) in [6.07, 6.45) is 100. The molecule has 3 N–H and O–H groups in total. The normalized spacial score (nSPS) is 13.3. The quantitative estimate of drug-likeness (QED) is 0.0264. The van der Waals surface area contributed by atoms with Crippen LogP contribution in [0, 0.1) is 0 Å². The molecule has 518 valence electrons. The van der Waals surface area contributed by atoms with Gasteiger partial charge in [0, 0.05) is 19.4 Å². The predicted octanol–water partition coefficient (Wildman–Crippen LogP) is 25.3. The third-order valence-electron chi connectivity index (χ3n) is 16.8. The van der Waals surface area contributed by atoms with Gasteiger partial charge in [-0.05, 0) is 89.9 Å². The molecule has 0 saturated carbocycles. The number of carbonyl (C=O) groups excluding carboxylic acids is 2. The van der Waals surface area contributed by atoms with E-state index in [0.717, 1.165) is 83.5 Å². The van der Waals surface area contributed by atoms with E-state index in [1.807, 2.05) is 0 Å². The topological polar surface area (TPSA) is 134 Å². The Balaban J connectivity index is 3.78. The predicted molar refractivity (Wildman–Crippen MR) is 386 cm³/mol. The molecule has 0 aromatic rings. The van der Waals surface area contributed by atoms with Gasteiger partial charge in [0.25, 0.3) is 0 Å². The molecule has 0 aromatic heterocycles. The van der Waals surface area contributed by atoms with Gasteiger partial charge in [0.15, 0.2) is 6.10 Å². The van der Waals surface area contributed by atoms with Crippen LogP contribution in [-0.2, 0) is 32.7 Å². The van der Waals surface area contributed by atoms with E-state index in [-0.39, 0.29) is 38.6 Å². The molecule has 89 heavy (non-hydrogen) atoms. The number of phosphoric ester groups is 1. The summed E-state index contributed by atoms with van der Waals surface area (Å²) in [6.45, 7) is 3.67. The highest BCUT2D eigenvalue weighted by Crippen LogP contribution is 2.43. The minimum Gasteiger partial charge on any atom is -0.462 e. The second-order valence-electron chi connectivity index (χ2n) is 25.5. The van der Waals surface area contributed by atoms with Crippen molar-refractivity contribution in [1.82, 2.24) is 0 Å². The summed E-state index contributed by atoms with van der Waals surface area (Å²) in [5.41, 5.74) is 5.41. The number of esters is 2. The minimum atomic E-state index is -4.40. The minimum absolute atomic E-state index is 0.0499. The Kier molecular flexibility index (Phi) is 71.9. The monoisotopic (exact) mass is 1270 g/mol. The summed E-state index contributed by atoms with van der Waals surface area (Å²) < 4.78 is 33.2. The molecule has 10 heteroatoms. The Bertz CT molecular complexity index is 1740. The largest absolute Gasteiger partial charge is 0.472 e. The lowest BCUT2D eigenvalue weighted by molar-refractivity contribution is -0.161. The third kappa shape index (κ3) is 74.1. The fraction of sp³-hybridized carbons (Fsp3) is 0.797. The zero-order valence-electron chi connectivity index (χ0n) is 58.4. The molecule has 0 aromatic carbocycles. The summed E-state index contributed by atoms with van der Waals surface area (Å²) in [6, 6.07) is 0. The lowest BCUT2D eigenvalue weighted by atomic mass is 10.0. The molecule has 9 nitrogen and oxygen atoms in total. The number of allylic oxidation sites excluding steroid dienone is 14. The number of carbonyl (C=O) groups is 2. The first-order valence-electron chi connectivity index (χ1n) is 38.1. The van der Waals surface area contributed by atoms with E-state index in [9.17, 15) is 19.0 Å². The van der Waals surface area contributed by atoms with E-state index in [1.54, 1.807) is 0 Å². The molecule has 0 bridgehead atoms. The highest BCUT2D eigenvalue weighted by atomic mass is 31.2. The highest BCUT2D eigenvalue weighted by molar-refractivity contribution is 7.47. The maximum atomic E-state index is 12.8. The molecule has 0 spiro atoms. The van der Waals surface area contributed by atoms with Gasteiger partial charge in [-0.3, -0.25) is 18.6 Å². The Morgan fingerprint density at radius 1 is 0.348 bits per heavy atom. The number of ether oxygens (including phenoxy) is 2. The van der Waals surface area contributed by atoms with Gasteiger partial charge in [0.1, 0.15) is 6.61 Å². The first kappa shape index (κ1) is 86.2. The van der Waals surface area contributed by atoms with Crippen LogP contribution in [0.25, 0.3) is 0 Å². The first-order valence-corrected chi connectivity index (χ1v) is 39.6. The Morgan fingerprint density at radius 3 is 0.933 bits per heavy atom. The highest BCUT2D eigenvalue weighted by Gasteiger charge is 2.26. The standard InChI is InChI=1S/C79H144NO8P/c1-3-5-7-9-11-13-15-17-19-21-23-25-27-29-31-32-33-34-35-36-37-38-39-40-41-42-43-44-46-47-49-51-53-55-57-59-61-63-65-67-69-71-78(81)85-75-77(76-87-89(83,84)86-74-73-80)88-79(82)72-70-68-66-64-62-60-58-56-54-52-50-48-45-30-28-26-24-22-20-18-16-14-12-10-8-6-4-2/h6,8,12,14,18,20-21,23-24,26,30,45,50,52,77H,3-5,7,9-11,13,15-17,19,22,25,27-29,31-44,46-49,51,53-76,80H2,1-2H3,(H,83,84)/b8-6-,14-12-,20-18-,23-21-,26-24-,45-30-,52-50-. The Morgan fingerprint density at radius 2 is 0.618 bits per heavy atom. The van der Waals surface area contributed by atoms with Gasteiger partial charge in [0.05, 0.1) is 13.2 Å². The zero-order valence-corrected chi connectivity index (χ0v) is 59.3. The van der Waals surface area contributed by atoms with Crippen molar-refractivity contribution < 1.29 is 37.6 Å². The van der Waals surface area contributed by atoms with Crippen LogP contribution < -0.4 is 5.73 Å². The molecule has 0 rings (SSSR count). The van der Waals surface area contributed by atoms with Crippen LogP contribution in [0.15, 0.2) is 85.1 Å². The van der Waals surface area contributed by atoms with Gasteiger partial charge in [-0.1, -0.05) is 356 Å². The van der Waals surface area contributed by atoms with Crippen LogP contribution in [0.3, 0.4) is 0 Å². The van der Waals surface area contributed by atoms with Crippen molar-refractivity contribution in [2.45, 2.75) is 380 Å². The summed E-state index contributed by atoms with van der Waals surface area (Å²) in [7, 11) is -4.40. The molecule has 0 aliphatic rings. The Hall–Kier alpha value is -2.81. The molecule has 0 aliphatic carbocycles. The SMILES string of the molecule is CC/C=C\C/C=C\C/C=C\C/C=C\C/C=C\C/C=C\CCCCCCCCCCC(=O)OC(COC(=O)CCCCCCCCCCCCCCCCCCCCCCCCCCCCCCC/C=C\CCCCCCCCCC)COP(=O)(O)OCCN. The van der Waals surface area contributed by atoms with E-state index in [2.05, 4.69) is 98.9 Å². The van der Waals surface area contributed by atoms with Crippen molar-refractivity contribution in [3.63, 3.8) is 0 Å². The molecule has 0 saturated heterocycles. The zero-order chi connectivity index (χ0) is 64.4. The van der Waals surface area contributed by atoms with Crippen LogP contribution in [0.5, 0.6) is 0 Å². The maximum absolute atomic E-state index is 12.8. The number of rotatable bonds is 72. The third-order valence-corrected chi connectivity index (χ3v) is 17.7. The molecule has 2 unspecified atom stereocenters. The van der Waals surface area contributed by atoms with Crippen molar-refractivity contribution >= 4 is 19.8 Å². The average molecular weight is 1270 g/mol. The van der Waals surface area contributed by atoms with Crippen molar-refractivity contribution in [1.29, 1.82) is 0 Å². The molecule has 0 radical (unpaired) electrons. The van der Waals surface area contributed by atoms with Crippen LogP contribution in [0.2, 0.25) is 0 Å². The number of hydrogen-bond donors (Lipinski definition) is 2. The second kappa shape index (κ2) is 74.2. The van der Waals surface area contributed by atoms with Crippen LogP contribution in [0.4, 0.5) is 0 Å². The van der Waals surface area contributed by atoms with Gasteiger partial charge in [-0.25, -0.2) is 4.57 Å². The van der Waals surface area contributed by atoms with Gasteiger partial charge in [-0.15, -0.1) is 0 Å². The van der Waals surface area contributed by atoms with Gasteiger partial charge < -0.3 is 20.1 Å². The lowest BCUT2D eigenvalue weighted by Gasteiger charge is -2.19. The number of unbranched alkanes of at least 4 members (excludes halogenated alkanes) is 45. The van der Waals surface area contributed by atoms with Crippen LogP contribution in [-0.4, -0.2) is 49.3 Å². The van der Waals surface area contributed by atoms with Gasteiger partial charge in [0.2, 0.25) is 0 Å². The van der Waals surface area contributed by atoms with Gasteiger partial charge >= 0.3 is 19.8 Å². The Labute approximate surface area is 551 Å². The van der Waals surface area contributed by atoms with Crippen molar-refractivity contribution in [3.05, 3.63) is 85.1 Å². The number of hydrogen-bond acceptors (Lipinski definition) is 8. The number of nitrogens with two attached hydrogens (primary N) is 1. The van der Waals surface area contributed by atoms with E-state index < -0.39 is 26.5 Å². The van der Waals surface area contributed by atoms with Crippen molar-refractivity contribution in [2.24, 2.45) is 5.73 Å². The van der Waals surface area contributed by atoms with Crippen molar-refractivity contribution in [3.8, 4) is 0 Å². The second-order valence-corrected chi connectivity index (χ2v) is 26.9. The summed E-state index contributed by atoms with van der Waals surface area (Å²) >= 11 is 0. The molecule has 0 fully saturated rings. The van der Waals surface area contributed by atoms with E-state index in [0.29, 0.717) is 6.42 Å². The molecule has 0 amide bonds. The van der Waals surface area contributed by atoms with Crippen LogP contribution >= 0.6 is 7.82 Å². The van der Waals surface area contributed by atoms with Gasteiger partial charge in [-0.2, -0.15) is 0 Å². The van der Waals surface area contributed by atoms with Crippen LogP contribution in [0.1, 0.15) is 373 Å². The molecule has 2 atom stereocenters. The lowest BCUT2D eigenvalue weighted by Crippen LogP contribution is -2.29. The molecule has 0 aliphatic heterocycles. The fourth-order valence-electron chi connectivity index (χ4n) is 11.2. The smallest absolute Gasteiger partial charge is 0.462 e. The molecular formula is C79H144NO8P. The fourth-order valence-corrected chi connectivity index (χ4v) is 11.9. The maximum Gasteiger partial charge on any atom is 0.472 e. The summed E-state index contributed by atoms with van der Waals surface area (Å²) in [5.74, 6) is -0.826.